The lowest BCUT2D eigenvalue weighted by atomic mass is 10.0. The van der Waals surface area contributed by atoms with Crippen LogP contribution in [0.4, 0.5) is 0 Å². The molecule has 1 heterocycles. The van der Waals surface area contributed by atoms with E-state index >= 15 is 0 Å². The molecule has 3 heteroatoms. The van der Waals surface area contributed by atoms with Crippen molar-refractivity contribution < 1.29 is 4.79 Å². The van der Waals surface area contributed by atoms with Crippen LogP contribution in [0.3, 0.4) is 0 Å². The number of rotatable bonds is 9. The van der Waals surface area contributed by atoms with Gasteiger partial charge in [-0.2, -0.15) is 10.2 Å². The van der Waals surface area contributed by atoms with Crippen LogP contribution in [0.1, 0.15) is 65.2 Å². The van der Waals surface area contributed by atoms with Crippen molar-refractivity contribution in [1.82, 2.24) is 0 Å². The minimum atomic E-state index is -0.197. The van der Waals surface area contributed by atoms with Crippen LogP contribution in [0.25, 0.3) is 0 Å². The second-order valence-electron chi connectivity index (χ2n) is 4.62. The molecule has 0 fully saturated rings. The van der Waals surface area contributed by atoms with Gasteiger partial charge in [0.15, 0.2) is 5.66 Å². The van der Waals surface area contributed by atoms with E-state index in [0.717, 1.165) is 19.3 Å². The van der Waals surface area contributed by atoms with Gasteiger partial charge in [-0.3, -0.25) is 4.79 Å². The minimum absolute atomic E-state index is 0.197. The highest BCUT2D eigenvalue weighted by Gasteiger charge is 2.33. The maximum Gasteiger partial charge on any atom is 0.188 e. The van der Waals surface area contributed by atoms with Crippen LogP contribution >= 0.6 is 0 Å². The highest BCUT2D eigenvalue weighted by molar-refractivity contribution is 5.78. The first-order valence-electron chi connectivity index (χ1n) is 6.12. The highest BCUT2D eigenvalue weighted by atomic mass is 16.1. The van der Waals surface area contributed by atoms with Crippen molar-refractivity contribution in [1.29, 1.82) is 0 Å². The molecule has 0 bridgehead atoms. The molecule has 1 aliphatic rings. The van der Waals surface area contributed by atoms with Crippen molar-refractivity contribution in [2.45, 2.75) is 70.9 Å². The Hall–Kier alpha value is -0.730. The summed E-state index contributed by atoms with van der Waals surface area (Å²) in [6.07, 6.45) is 8.29. The van der Waals surface area contributed by atoms with Crippen LogP contribution in [0.2, 0.25) is 0 Å². The first-order chi connectivity index (χ1) is 7.16. The fourth-order valence-corrected chi connectivity index (χ4v) is 1.61. The molecule has 1 aliphatic heterocycles. The number of Topliss-reactive ketones (excluding diaryl/α,β-unsaturated/α-hetero) is 1. The number of hydrogen-bond donors (Lipinski definition) is 0. The van der Waals surface area contributed by atoms with Crippen LogP contribution in [-0.4, -0.2) is 11.4 Å². The van der Waals surface area contributed by atoms with E-state index in [4.69, 9.17) is 0 Å². The van der Waals surface area contributed by atoms with Gasteiger partial charge >= 0.3 is 0 Å². The average molecular weight is 210 g/mol. The minimum Gasteiger partial charge on any atom is -0.300 e. The molecule has 3 nitrogen and oxygen atoms in total. The standard InChI is InChI=1S/C12H22N2O/c1-3-4-5-6-7-8-11(15)9-10-12(2)13-14-12/h3-10H2,1-2H3. The Morgan fingerprint density at radius 1 is 1.07 bits per heavy atom. The van der Waals surface area contributed by atoms with Gasteiger partial charge in [0.2, 0.25) is 0 Å². The average Bonchev–Trinajstić information content (AvgIpc) is 2.94. The summed E-state index contributed by atoms with van der Waals surface area (Å²) < 4.78 is 0. The van der Waals surface area contributed by atoms with Crippen LogP contribution < -0.4 is 0 Å². The molecule has 0 amide bonds. The van der Waals surface area contributed by atoms with Crippen LogP contribution in [0, 0.1) is 0 Å². The van der Waals surface area contributed by atoms with E-state index in [-0.39, 0.29) is 5.66 Å². The second kappa shape index (κ2) is 5.99. The molecule has 0 aliphatic carbocycles. The number of ketones is 1. The summed E-state index contributed by atoms with van der Waals surface area (Å²) in [6.45, 7) is 4.18. The fourth-order valence-electron chi connectivity index (χ4n) is 1.61. The molecule has 0 spiro atoms. The van der Waals surface area contributed by atoms with Crippen LogP contribution in [-0.2, 0) is 4.79 Å². The molecular weight excluding hydrogens is 188 g/mol. The van der Waals surface area contributed by atoms with Crippen molar-refractivity contribution in [3.63, 3.8) is 0 Å². The summed E-state index contributed by atoms with van der Waals surface area (Å²) in [6, 6.07) is 0. The van der Waals surface area contributed by atoms with E-state index in [1.165, 1.54) is 25.7 Å². The largest absolute Gasteiger partial charge is 0.300 e. The summed E-state index contributed by atoms with van der Waals surface area (Å²) in [5.74, 6) is 0.380. The summed E-state index contributed by atoms with van der Waals surface area (Å²) in [4.78, 5) is 11.5. The Labute approximate surface area is 92.4 Å². The first-order valence-corrected chi connectivity index (χ1v) is 6.12. The number of carbonyl (C=O) groups excluding carboxylic acids is 1. The molecule has 86 valence electrons. The number of hydrogen-bond acceptors (Lipinski definition) is 3. The first kappa shape index (κ1) is 12.3. The Morgan fingerprint density at radius 2 is 1.73 bits per heavy atom. The predicted octanol–water partition coefficient (Wildman–Crippen LogP) is 3.88. The van der Waals surface area contributed by atoms with Crippen molar-refractivity contribution in [2.24, 2.45) is 10.2 Å². The van der Waals surface area contributed by atoms with Gasteiger partial charge in [-0.1, -0.05) is 32.6 Å². The normalized spacial score (nSPS) is 16.7. The highest BCUT2D eigenvalue weighted by Crippen LogP contribution is 2.32. The van der Waals surface area contributed by atoms with Crippen LogP contribution in [0.15, 0.2) is 10.2 Å². The Kier molecular flexibility index (Phi) is 4.92. The lowest BCUT2D eigenvalue weighted by Crippen LogP contribution is -2.08. The molecule has 15 heavy (non-hydrogen) atoms. The monoisotopic (exact) mass is 210 g/mol. The second-order valence-corrected chi connectivity index (χ2v) is 4.62. The maximum atomic E-state index is 11.5. The predicted molar refractivity (Wildman–Crippen MR) is 60.9 cm³/mol. The quantitative estimate of drug-likeness (QED) is 0.532. The van der Waals surface area contributed by atoms with Gasteiger partial charge in [-0.15, -0.1) is 0 Å². The van der Waals surface area contributed by atoms with E-state index < -0.39 is 0 Å². The van der Waals surface area contributed by atoms with Gasteiger partial charge in [-0.05, 0) is 13.3 Å². The van der Waals surface area contributed by atoms with Gasteiger partial charge in [0.05, 0.1) is 0 Å². The molecule has 0 unspecified atom stereocenters. The van der Waals surface area contributed by atoms with Crippen molar-refractivity contribution >= 4 is 5.78 Å². The smallest absolute Gasteiger partial charge is 0.188 e. The summed E-state index contributed by atoms with van der Waals surface area (Å²) >= 11 is 0. The topological polar surface area (TPSA) is 41.8 Å². The van der Waals surface area contributed by atoms with E-state index in [2.05, 4.69) is 17.2 Å². The van der Waals surface area contributed by atoms with Crippen molar-refractivity contribution in [3.8, 4) is 0 Å². The van der Waals surface area contributed by atoms with Gasteiger partial charge in [-0.25, -0.2) is 0 Å². The Bertz CT molecular complexity index is 230. The number of nitrogens with zero attached hydrogens (tertiary/aromatic N) is 2. The summed E-state index contributed by atoms with van der Waals surface area (Å²) in [5.41, 5.74) is -0.197. The van der Waals surface area contributed by atoms with Gasteiger partial charge in [0.1, 0.15) is 5.78 Å². The van der Waals surface area contributed by atoms with E-state index in [1.807, 2.05) is 6.92 Å². The molecule has 0 radical (unpaired) electrons. The summed E-state index contributed by atoms with van der Waals surface area (Å²) in [5, 5.41) is 7.80. The van der Waals surface area contributed by atoms with Crippen LogP contribution in [0.5, 0.6) is 0 Å². The lowest BCUT2D eigenvalue weighted by Gasteiger charge is -2.03. The lowest BCUT2D eigenvalue weighted by molar-refractivity contribution is -0.119. The third kappa shape index (κ3) is 5.65. The van der Waals surface area contributed by atoms with Gasteiger partial charge < -0.3 is 0 Å². The van der Waals surface area contributed by atoms with E-state index in [0.29, 0.717) is 12.2 Å². The van der Waals surface area contributed by atoms with E-state index in [1.54, 1.807) is 0 Å². The number of carbonyl (C=O) groups is 1. The van der Waals surface area contributed by atoms with Crippen molar-refractivity contribution in [3.05, 3.63) is 0 Å². The Morgan fingerprint density at radius 3 is 2.33 bits per heavy atom. The molecular formula is C12H22N2O. The van der Waals surface area contributed by atoms with Gasteiger partial charge in [0, 0.05) is 19.3 Å². The SMILES string of the molecule is CCCCCCCC(=O)CCC1(C)N=N1. The Balaban J connectivity index is 1.89. The third-order valence-electron chi connectivity index (χ3n) is 2.88. The fraction of sp³-hybridized carbons (Fsp3) is 0.917. The molecule has 0 saturated carbocycles. The molecule has 0 atom stereocenters. The van der Waals surface area contributed by atoms with Crippen molar-refractivity contribution in [2.75, 3.05) is 0 Å². The molecule has 0 aromatic carbocycles. The molecule has 1 rings (SSSR count). The maximum absolute atomic E-state index is 11.5. The molecule has 0 N–H and O–H groups in total. The molecule has 0 aromatic heterocycles. The zero-order valence-corrected chi connectivity index (χ0v) is 9.96. The molecule has 0 aromatic rings. The number of unbranched alkanes of at least 4 members (excludes halogenated alkanes) is 4. The third-order valence-corrected chi connectivity index (χ3v) is 2.88. The zero-order valence-electron chi connectivity index (χ0n) is 9.96. The summed E-state index contributed by atoms with van der Waals surface area (Å²) in [7, 11) is 0. The van der Waals surface area contributed by atoms with Gasteiger partial charge in [0.25, 0.3) is 0 Å². The zero-order chi connectivity index (χ0) is 11.1. The molecule has 0 saturated heterocycles. The van der Waals surface area contributed by atoms with E-state index in [9.17, 15) is 4.79 Å².